The van der Waals surface area contributed by atoms with Gasteiger partial charge < -0.3 is 14.5 Å². The maximum Gasteiger partial charge on any atom is 0.274 e. The lowest BCUT2D eigenvalue weighted by Gasteiger charge is -2.26. The number of rotatable bonds is 7. The quantitative estimate of drug-likeness (QED) is 0.524. The number of amides is 1. The molecule has 4 rings (SSSR count). The van der Waals surface area contributed by atoms with Crippen molar-refractivity contribution < 1.29 is 9.53 Å². The molecule has 1 aliphatic rings. The summed E-state index contributed by atoms with van der Waals surface area (Å²) in [4.78, 5) is 23.3. The molecule has 2 heterocycles. The molecule has 3 aromatic rings. The largest absolute Gasteiger partial charge is 0.378 e. The van der Waals surface area contributed by atoms with Crippen LogP contribution in [0.25, 0.3) is 10.4 Å². The first kappa shape index (κ1) is 21.5. The number of aromatic nitrogens is 1. The van der Waals surface area contributed by atoms with E-state index in [4.69, 9.17) is 4.74 Å². The first-order valence-corrected chi connectivity index (χ1v) is 11.5. The van der Waals surface area contributed by atoms with Gasteiger partial charge in [-0.2, -0.15) is 0 Å². The summed E-state index contributed by atoms with van der Waals surface area (Å²) in [6.07, 6.45) is 2.13. The summed E-state index contributed by atoms with van der Waals surface area (Å²) in [6.45, 7) is 3.85. The van der Waals surface area contributed by atoms with Crippen molar-refractivity contribution in [1.82, 2.24) is 9.88 Å². The Kier molecular flexibility index (Phi) is 6.68. The molecular formula is C25H29N3O2S. The number of ether oxygens (including phenoxy) is 1. The zero-order chi connectivity index (χ0) is 21.8. The third-order valence-electron chi connectivity index (χ3n) is 5.53. The number of benzene rings is 2. The lowest BCUT2D eigenvalue weighted by Crippen LogP contribution is -2.37. The van der Waals surface area contributed by atoms with E-state index in [1.165, 1.54) is 0 Å². The van der Waals surface area contributed by atoms with E-state index in [0.29, 0.717) is 18.8 Å². The third-order valence-corrected chi connectivity index (χ3v) is 6.55. The van der Waals surface area contributed by atoms with Crippen LogP contribution in [0.1, 0.15) is 33.9 Å². The molecule has 1 aliphatic heterocycles. The second-order valence-electron chi connectivity index (χ2n) is 8.16. The second kappa shape index (κ2) is 9.62. The summed E-state index contributed by atoms with van der Waals surface area (Å²) < 4.78 is 5.86. The van der Waals surface area contributed by atoms with Crippen molar-refractivity contribution in [3.8, 4) is 10.4 Å². The summed E-state index contributed by atoms with van der Waals surface area (Å²) in [5.41, 5.74) is 3.81. The summed E-state index contributed by atoms with van der Waals surface area (Å²) in [6, 6.07) is 18.4. The van der Waals surface area contributed by atoms with Gasteiger partial charge in [-0.15, -0.1) is 11.3 Å². The van der Waals surface area contributed by atoms with Crippen molar-refractivity contribution in [2.24, 2.45) is 0 Å². The molecule has 31 heavy (non-hydrogen) atoms. The first-order valence-electron chi connectivity index (χ1n) is 10.7. The molecule has 1 fully saturated rings. The molecule has 0 spiro atoms. The van der Waals surface area contributed by atoms with Crippen LogP contribution in [0.5, 0.6) is 0 Å². The van der Waals surface area contributed by atoms with E-state index < -0.39 is 0 Å². The van der Waals surface area contributed by atoms with Gasteiger partial charge in [0.1, 0.15) is 5.69 Å². The molecule has 0 saturated carbocycles. The fraction of sp³-hybridized carbons (Fsp3) is 0.360. The number of hydrogen-bond donors (Lipinski definition) is 0. The van der Waals surface area contributed by atoms with E-state index in [1.54, 1.807) is 11.3 Å². The lowest BCUT2D eigenvalue weighted by atomic mass is 10.1. The molecule has 1 unspecified atom stereocenters. The topological polar surface area (TPSA) is 45.7 Å². The van der Waals surface area contributed by atoms with Crippen LogP contribution in [0, 0.1) is 6.92 Å². The zero-order valence-electron chi connectivity index (χ0n) is 18.4. The monoisotopic (exact) mass is 435 g/mol. The lowest BCUT2D eigenvalue weighted by molar-refractivity contribution is 0.0504. The SMILES string of the molecule is Cc1nc(C(=O)N(Cc2ccc(N(C)C)cc2)CC2CCCO2)c(-c2ccccc2)s1. The van der Waals surface area contributed by atoms with Crippen molar-refractivity contribution in [2.45, 2.75) is 32.4 Å². The summed E-state index contributed by atoms with van der Waals surface area (Å²) in [5, 5.41) is 0.898. The summed E-state index contributed by atoms with van der Waals surface area (Å²) in [5.74, 6) is -0.0320. The minimum atomic E-state index is -0.0320. The van der Waals surface area contributed by atoms with E-state index >= 15 is 0 Å². The van der Waals surface area contributed by atoms with Gasteiger partial charge in [-0.05, 0) is 43.0 Å². The Hall–Kier alpha value is -2.70. The zero-order valence-corrected chi connectivity index (χ0v) is 19.2. The van der Waals surface area contributed by atoms with Crippen LogP contribution in [-0.2, 0) is 11.3 Å². The Bertz CT molecular complexity index is 1010. The standard InChI is InChI=1S/C25H29N3O2S/c1-18-26-23(24(31-18)20-8-5-4-6-9-20)25(29)28(17-22-10-7-15-30-22)16-19-11-13-21(14-12-19)27(2)3/h4-6,8-9,11-14,22H,7,10,15-17H2,1-3H3. The number of thiazole rings is 1. The normalized spacial score (nSPS) is 15.8. The van der Waals surface area contributed by atoms with Crippen molar-refractivity contribution in [1.29, 1.82) is 0 Å². The van der Waals surface area contributed by atoms with Crippen LogP contribution in [0.4, 0.5) is 5.69 Å². The van der Waals surface area contributed by atoms with Crippen LogP contribution in [0.2, 0.25) is 0 Å². The van der Waals surface area contributed by atoms with Crippen LogP contribution in [0.15, 0.2) is 54.6 Å². The highest BCUT2D eigenvalue weighted by Gasteiger charge is 2.27. The fourth-order valence-corrected chi connectivity index (χ4v) is 4.80. The Morgan fingerprint density at radius 1 is 1.13 bits per heavy atom. The Morgan fingerprint density at radius 2 is 1.87 bits per heavy atom. The number of hydrogen-bond acceptors (Lipinski definition) is 5. The van der Waals surface area contributed by atoms with Gasteiger partial charge in [0.25, 0.3) is 5.91 Å². The predicted molar refractivity (Wildman–Crippen MR) is 127 cm³/mol. The molecule has 1 saturated heterocycles. The number of nitrogens with zero attached hydrogens (tertiary/aromatic N) is 3. The van der Waals surface area contributed by atoms with E-state index in [9.17, 15) is 4.79 Å². The summed E-state index contributed by atoms with van der Waals surface area (Å²) >= 11 is 1.57. The van der Waals surface area contributed by atoms with Gasteiger partial charge in [0.15, 0.2) is 0 Å². The molecule has 0 bridgehead atoms. The Balaban J connectivity index is 1.63. The van der Waals surface area contributed by atoms with Gasteiger partial charge in [0.2, 0.25) is 0 Å². The number of aryl methyl sites for hydroxylation is 1. The van der Waals surface area contributed by atoms with Gasteiger partial charge in [0.05, 0.1) is 16.0 Å². The van der Waals surface area contributed by atoms with E-state index in [-0.39, 0.29) is 12.0 Å². The maximum atomic E-state index is 13.7. The van der Waals surface area contributed by atoms with Crippen LogP contribution in [-0.4, -0.2) is 49.1 Å². The van der Waals surface area contributed by atoms with E-state index in [1.807, 2.05) is 56.3 Å². The van der Waals surface area contributed by atoms with Crippen LogP contribution < -0.4 is 4.90 Å². The molecule has 2 aromatic carbocycles. The molecule has 5 nitrogen and oxygen atoms in total. The molecule has 0 radical (unpaired) electrons. The average Bonchev–Trinajstić information content (AvgIpc) is 3.43. The molecule has 6 heteroatoms. The van der Waals surface area contributed by atoms with Crippen LogP contribution in [0.3, 0.4) is 0 Å². The molecule has 0 N–H and O–H groups in total. The van der Waals surface area contributed by atoms with Gasteiger partial charge in [-0.3, -0.25) is 4.79 Å². The van der Waals surface area contributed by atoms with Gasteiger partial charge in [0, 0.05) is 39.5 Å². The number of carbonyl (C=O) groups excluding carboxylic acids is 1. The molecule has 1 atom stereocenters. The minimum Gasteiger partial charge on any atom is -0.378 e. The second-order valence-corrected chi connectivity index (χ2v) is 9.36. The van der Waals surface area contributed by atoms with E-state index in [2.05, 4.69) is 34.1 Å². The van der Waals surface area contributed by atoms with Crippen molar-refractivity contribution in [3.05, 3.63) is 70.9 Å². The van der Waals surface area contributed by atoms with Gasteiger partial charge >= 0.3 is 0 Å². The van der Waals surface area contributed by atoms with E-state index in [0.717, 1.165) is 46.1 Å². The predicted octanol–water partition coefficient (Wildman–Crippen LogP) is 5.01. The molecule has 0 aliphatic carbocycles. The fourth-order valence-electron chi connectivity index (χ4n) is 3.88. The highest BCUT2D eigenvalue weighted by atomic mass is 32.1. The van der Waals surface area contributed by atoms with Crippen molar-refractivity contribution in [2.75, 3.05) is 32.1 Å². The molecular weight excluding hydrogens is 406 g/mol. The Morgan fingerprint density at radius 3 is 2.52 bits per heavy atom. The first-order chi connectivity index (χ1) is 15.0. The average molecular weight is 436 g/mol. The minimum absolute atomic E-state index is 0.0320. The Labute approximate surface area is 188 Å². The van der Waals surface area contributed by atoms with Crippen molar-refractivity contribution >= 4 is 22.9 Å². The molecule has 162 valence electrons. The number of carbonyl (C=O) groups is 1. The summed E-state index contributed by atoms with van der Waals surface area (Å²) in [7, 11) is 4.05. The molecule has 1 amide bonds. The highest BCUT2D eigenvalue weighted by molar-refractivity contribution is 7.15. The van der Waals surface area contributed by atoms with Crippen LogP contribution >= 0.6 is 11.3 Å². The van der Waals surface area contributed by atoms with Crippen molar-refractivity contribution in [3.63, 3.8) is 0 Å². The van der Waals surface area contributed by atoms with Gasteiger partial charge in [-0.1, -0.05) is 42.5 Å². The highest BCUT2D eigenvalue weighted by Crippen LogP contribution is 2.31. The third kappa shape index (κ3) is 5.14. The smallest absolute Gasteiger partial charge is 0.274 e. The molecule has 1 aromatic heterocycles. The number of anilines is 1. The van der Waals surface area contributed by atoms with Gasteiger partial charge in [-0.25, -0.2) is 4.98 Å². The maximum absolute atomic E-state index is 13.7.